The molecule has 2 unspecified atom stereocenters. The molecule has 0 bridgehead atoms. The van der Waals surface area contributed by atoms with E-state index in [1.54, 1.807) is 0 Å². The monoisotopic (exact) mass is 219 g/mol. The number of hydrogen-bond donors (Lipinski definition) is 2. The van der Waals surface area contributed by atoms with E-state index < -0.39 is 0 Å². The predicted octanol–water partition coefficient (Wildman–Crippen LogP) is 0.869. The number of rotatable bonds is 6. The van der Waals surface area contributed by atoms with Crippen LogP contribution in [0.5, 0.6) is 0 Å². The van der Waals surface area contributed by atoms with Gasteiger partial charge in [-0.2, -0.15) is 11.8 Å². The summed E-state index contributed by atoms with van der Waals surface area (Å²) in [5, 5.41) is 12.8. The molecule has 1 aliphatic heterocycles. The summed E-state index contributed by atoms with van der Waals surface area (Å²) in [6.07, 6.45) is 2.28. The SMILES string of the molecule is CCCNC1CCOCC1SCCO. The maximum absolute atomic E-state index is 8.78. The maximum Gasteiger partial charge on any atom is 0.0600 e. The van der Waals surface area contributed by atoms with Gasteiger partial charge in [-0.25, -0.2) is 0 Å². The van der Waals surface area contributed by atoms with Gasteiger partial charge >= 0.3 is 0 Å². The van der Waals surface area contributed by atoms with Crippen molar-refractivity contribution in [1.82, 2.24) is 5.32 Å². The van der Waals surface area contributed by atoms with Gasteiger partial charge in [0.05, 0.1) is 13.2 Å². The molecular weight excluding hydrogens is 198 g/mol. The lowest BCUT2D eigenvalue weighted by Crippen LogP contribution is -2.45. The number of aliphatic hydroxyl groups is 1. The Hall–Kier alpha value is 0.230. The summed E-state index contributed by atoms with van der Waals surface area (Å²) in [7, 11) is 0. The Bertz CT molecular complexity index is 130. The Morgan fingerprint density at radius 1 is 1.57 bits per heavy atom. The van der Waals surface area contributed by atoms with E-state index in [4.69, 9.17) is 9.84 Å². The van der Waals surface area contributed by atoms with E-state index in [0.717, 1.165) is 31.9 Å². The summed E-state index contributed by atoms with van der Waals surface area (Å²) in [6, 6.07) is 0.570. The van der Waals surface area contributed by atoms with Crippen LogP contribution in [-0.2, 0) is 4.74 Å². The van der Waals surface area contributed by atoms with E-state index >= 15 is 0 Å². The van der Waals surface area contributed by atoms with Crippen molar-refractivity contribution in [2.24, 2.45) is 0 Å². The molecule has 3 nitrogen and oxygen atoms in total. The van der Waals surface area contributed by atoms with E-state index in [9.17, 15) is 0 Å². The predicted molar refractivity (Wildman–Crippen MR) is 60.8 cm³/mol. The minimum atomic E-state index is 0.266. The van der Waals surface area contributed by atoms with Crippen LogP contribution < -0.4 is 5.32 Å². The van der Waals surface area contributed by atoms with Gasteiger partial charge in [0.25, 0.3) is 0 Å². The molecule has 4 heteroatoms. The van der Waals surface area contributed by atoms with Gasteiger partial charge in [0.1, 0.15) is 0 Å². The van der Waals surface area contributed by atoms with Crippen LogP contribution in [-0.4, -0.2) is 48.5 Å². The summed E-state index contributed by atoms with van der Waals surface area (Å²) in [5.41, 5.74) is 0. The highest BCUT2D eigenvalue weighted by Gasteiger charge is 2.24. The van der Waals surface area contributed by atoms with Gasteiger partial charge in [-0.3, -0.25) is 0 Å². The molecule has 2 atom stereocenters. The summed E-state index contributed by atoms with van der Waals surface area (Å²) in [4.78, 5) is 0. The Morgan fingerprint density at radius 3 is 3.14 bits per heavy atom. The van der Waals surface area contributed by atoms with Crippen LogP contribution in [0.2, 0.25) is 0 Å². The highest BCUT2D eigenvalue weighted by molar-refractivity contribution is 8.00. The fraction of sp³-hybridized carbons (Fsp3) is 1.00. The molecular formula is C10H21NO2S. The molecule has 1 heterocycles. The molecule has 84 valence electrons. The third-order valence-corrected chi connectivity index (χ3v) is 3.69. The van der Waals surface area contributed by atoms with Crippen molar-refractivity contribution in [3.8, 4) is 0 Å². The first-order chi connectivity index (χ1) is 6.88. The van der Waals surface area contributed by atoms with Gasteiger partial charge in [0, 0.05) is 23.7 Å². The lowest BCUT2D eigenvalue weighted by molar-refractivity contribution is 0.0832. The summed E-state index contributed by atoms with van der Waals surface area (Å²) < 4.78 is 5.45. The first-order valence-electron chi connectivity index (χ1n) is 5.42. The van der Waals surface area contributed by atoms with Crippen molar-refractivity contribution in [1.29, 1.82) is 0 Å². The summed E-state index contributed by atoms with van der Waals surface area (Å²) >= 11 is 1.82. The van der Waals surface area contributed by atoms with Crippen molar-refractivity contribution in [2.75, 3.05) is 32.1 Å². The zero-order valence-electron chi connectivity index (χ0n) is 8.87. The average Bonchev–Trinajstić information content (AvgIpc) is 2.24. The van der Waals surface area contributed by atoms with Crippen molar-refractivity contribution >= 4 is 11.8 Å². The fourth-order valence-corrected chi connectivity index (χ4v) is 2.71. The topological polar surface area (TPSA) is 41.5 Å². The molecule has 0 radical (unpaired) electrons. The van der Waals surface area contributed by atoms with Gasteiger partial charge in [0.15, 0.2) is 0 Å². The Labute approximate surface area is 90.6 Å². The second kappa shape index (κ2) is 7.51. The van der Waals surface area contributed by atoms with E-state index in [2.05, 4.69) is 12.2 Å². The van der Waals surface area contributed by atoms with E-state index in [-0.39, 0.29) is 6.61 Å². The molecule has 0 aromatic carbocycles. The van der Waals surface area contributed by atoms with Crippen LogP contribution in [0, 0.1) is 0 Å². The fourth-order valence-electron chi connectivity index (χ4n) is 1.64. The van der Waals surface area contributed by atoms with Crippen molar-refractivity contribution in [3.05, 3.63) is 0 Å². The largest absolute Gasteiger partial charge is 0.396 e. The van der Waals surface area contributed by atoms with Crippen LogP contribution in [0.15, 0.2) is 0 Å². The molecule has 1 rings (SSSR count). The molecule has 1 fully saturated rings. The maximum atomic E-state index is 8.78. The normalized spacial score (nSPS) is 27.9. The number of aliphatic hydroxyl groups excluding tert-OH is 1. The van der Waals surface area contributed by atoms with Crippen molar-refractivity contribution in [3.63, 3.8) is 0 Å². The Balaban J connectivity index is 2.26. The molecule has 2 N–H and O–H groups in total. The van der Waals surface area contributed by atoms with Gasteiger partial charge < -0.3 is 15.2 Å². The number of nitrogens with one attached hydrogen (secondary N) is 1. The molecule has 0 spiro atoms. The van der Waals surface area contributed by atoms with Crippen molar-refractivity contribution in [2.45, 2.75) is 31.1 Å². The highest BCUT2D eigenvalue weighted by atomic mass is 32.2. The second-order valence-corrected chi connectivity index (χ2v) is 4.90. The molecule has 0 aromatic rings. The number of ether oxygens (including phenoxy) is 1. The minimum Gasteiger partial charge on any atom is -0.396 e. The van der Waals surface area contributed by atoms with Crippen LogP contribution in [0.25, 0.3) is 0 Å². The molecule has 14 heavy (non-hydrogen) atoms. The summed E-state index contributed by atoms with van der Waals surface area (Å²) in [6.45, 7) is 5.23. The van der Waals surface area contributed by atoms with Crippen LogP contribution in [0.3, 0.4) is 0 Å². The highest BCUT2D eigenvalue weighted by Crippen LogP contribution is 2.21. The van der Waals surface area contributed by atoms with Gasteiger partial charge in [-0.05, 0) is 19.4 Å². The lowest BCUT2D eigenvalue weighted by Gasteiger charge is -2.31. The Kier molecular flexibility index (Phi) is 6.60. The minimum absolute atomic E-state index is 0.266. The van der Waals surface area contributed by atoms with Crippen LogP contribution >= 0.6 is 11.8 Å². The third kappa shape index (κ3) is 4.17. The molecule has 1 aliphatic rings. The van der Waals surface area contributed by atoms with Gasteiger partial charge in [0.2, 0.25) is 0 Å². The zero-order chi connectivity index (χ0) is 10.2. The van der Waals surface area contributed by atoms with E-state index in [1.165, 1.54) is 6.42 Å². The number of thioether (sulfide) groups is 1. The molecule has 0 amide bonds. The van der Waals surface area contributed by atoms with Crippen LogP contribution in [0.4, 0.5) is 0 Å². The van der Waals surface area contributed by atoms with Gasteiger partial charge in [-0.15, -0.1) is 0 Å². The molecule has 0 aromatic heterocycles. The van der Waals surface area contributed by atoms with Crippen LogP contribution in [0.1, 0.15) is 19.8 Å². The molecule has 0 saturated carbocycles. The molecule has 0 aliphatic carbocycles. The smallest absolute Gasteiger partial charge is 0.0600 e. The number of hydrogen-bond acceptors (Lipinski definition) is 4. The third-order valence-electron chi connectivity index (χ3n) is 2.38. The quantitative estimate of drug-likeness (QED) is 0.695. The zero-order valence-corrected chi connectivity index (χ0v) is 9.68. The van der Waals surface area contributed by atoms with Gasteiger partial charge in [-0.1, -0.05) is 6.92 Å². The summed E-state index contributed by atoms with van der Waals surface area (Å²) in [5.74, 6) is 0.818. The first kappa shape index (κ1) is 12.3. The van der Waals surface area contributed by atoms with E-state index in [1.807, 2.05) is 11.8 Å². The standard InChI is InChI=1S/C10H21NO2S/c1-2-4-11-9-3-6-13-8-10(9)14-7-5-12/h9-12H,2-8H2,1H3. The van der Waals surface area contributed by atoms with E-state index in [0.29, 0.717) is 11.3 Å². The lowest BCUT2D eigenvalue weighted by atomic mass is 10.1. The first-order valence-corrected chi connectivity index (χ1v) is 6.47. The molecule has 1 saturated heterocycles. The Morgan fingerprint density at radius 2 is 2.43 bits per heavy atom. The second-order valence-electron chi connectivity index (χ2n) is 3.56. The van der Waals surface area contributed by atoms with Crippen molar-refractivity contribution < 1.29 is 9.84 Å². The average molecular weight is 219 g/mol.